The maximum atomic E-state index is 0. The molecule has 0 bridgehead atoms. The molecule has 0 atom stereocenters. The van der Waals surface area contributed by atoms with Crippen LogP contribution in [0.25, 0.3) is 0 Å². The molecule has 0 aromatic carbocycles. The van der Waals surface area contributed by atoms with Gasteiger partial charge in [-0.05, 0) is 0 Å². The molecular weight excluding hydrogens is 660 g/mol. The molecule has 0 nitrogen and oxygen atoms in total. The van der Waals surface area contributed by atoms with Crippen LogP contribution in [-0.2, 0) is 63.2 Å². The van der Waals surface area contributed by atoms with Crippen LogP contribution in [0.2, 0.25) is 0 Å². The van der Waals surface area contributed by atoms with Crippen LogP contribution < -0.4 is 0 Å². The Labute approximate surface area is 129 Å². The van der Waals surface area contributed by atoms with Crippen molar-refractivity contribution in [3.05, 3.63) is 66.8 Å². The molecule has 3 heteroatoms. The molecule has 0 N–H and O–H groups in total. The van der Waals surface area contributed by atoms with Crippen LogP contribution in [0, 0.1) is 66.8 Å². The minimum absolute atomic E-state index is 0. The smallest absolute Gasteiger partial charge is 0.358 e. The molecule has 88 valence electrons. The molecule has 0 amide bonds. The van der Waals surface area contributed by atoms with Gasteiger partial charge in [0, 0.05) is 42.1 Å². The van der Waals surface area contributed by atoms with Crippen molar-refractivity contribution >= 4 is 0 Å². The summed E-state index contributed by atoms with van der Waals surface area (Å²) in [6.07, 6.45) is 0. The fraction of sp³-hybridized carbons (Fsp3) is 0. The van der Waals surface area contributed by atoms with Gasteiger partial charge in [0.1, 0.15) is 0 Å². The van der Waals surface area contributed by atoms with Crippen LogP contribution >= 0.6 is 0 Å². The second-order valence-corrected chi connectivity index (χ2v) is 0. The van der Waals surface area contributed by atoms with Gasteiger partial charge < -0.3 is 66.8 Å². The van der Waals surface area contributed by atoms with Gasteiger partial charge in [-0.1, -0.05) is 0 Å². The minimum atomic E-state index is 0. The Morgan fingerprint density at radius 3 is 0.250 bits per heavy atom. The first-order chi connectivity index (χ1) is 0. The third kappa shape index (κ3) is 346. The van der Waals surface area contributed by atoms with Gasteiger partial charge in [-0.3, -0.25) is 0 Å². The Kier molecular flexibility index (Phi) is 20900. The van der Waals surface area contributed by atoms with E-state index < -0.39 is 0 Å². The molecule has 0 saturated heterocycles. The van der Waals surface area contributed by atoms with E-state index in [9.17, 15) is 0 Å². The van der Waals surface area contributed by atoms with Gasteiger partial charge in [0.2, 0.25) is 0 Å². The molecule has 0 fully saturated rings. The number of hydrogen-bond acceptors (Lipinski definition) is 0. The second kappa shape index (κ2) is 446. The molecule has 12 heavy (non-hydrogen) atoms. The average molecular weight is 687 g/mol. The van der Waals surface area contributed by atoms with Gasteiger partial charge in [-0.25, -0.2) is 0 Å². The molecule has 0 radical (unpaired) electrons. The first kappa shape index (κ1) is 563. The zero-order valence-electron chi connectivity index (χ0n) is 10.2. The van der Waals surface area contributed by atoms with E-state index in [4.69, 9.17) is 0 Å². The molecule has 0 aromatic heterocycles. The van der Waals surface area contributed by atoms with Gasteiger partial charge in [0.25, 0.3) is 0 Å². The van der Waals surface area contributed by atoms with Crippen LogP contribution in [0.15, 0.2) is 0 Å². The van der Waals surface area contributed by atoms with E-state index in [1.165, 1.54) is 0 Å². The van der Waals surface area contributed by atoms with Crippen LogP contribution in [0.4, 0.5) is 0 Å². The van der Waals surface area contributed by atoms with Gasteiger partial charge >= 0.3 is 21.1 Å². The van der Waals surface area contributed by atoms with E-state index in [1.54, 1.807) is 0 Å². The molecule has 0 aromatic rings. The van der Waals surface area contributed by atoms with Crippen LogP contribution in [0.3, 0.4) is 0 Å². The normalized spacial score (nSPS) is 0. The van der Waals surface area contributed by atoms with Crippen molar-refractivity contribution in [3.8, 4) is 0 Å². The van der Waals surface area contributed by atoms with Gasteiger partial charge in [-0.2, -0.15) is 0 Å². The van der Waals surface area contributed by atoms with E-state index in [0.29, 0.717) is 0 Å². The topological polar surface area (TPSA) is 0 Å². The molecular formula is C9H27W3-7. The van der Waals surface area contributed by atoms with Crippen molar-refractivity contribution < 1.29 is 63.2 Å². The fourth-order valence-corrected chi connectivity index (χ4v) is 0. The van der Waals surface area contributed by atoms with Crippen LogP contribution in [0.1, 0.15) is 0 Å². The summed E-state index contributed by atoms with van der Waals surface area (Å²) in [5.74, 6) is 0. The standard InChI is InChI=1S/9CH3.3W/h9*1H3;;;/q9*-1;;;+2. The molecule has 0 unspecified atom stereocenters. The van der Waals surface area contributed by atoms with Crippen LogP contribution in [-0.4, -0.2) is 0 Å². The Hall–Kier alpha value is 2.06. The minimum Gasteiger partial charge on any atom is -0.358 e. The SMILES string of the molecule is [CH3-].[CH3-].[CH3-].[CH3-].[CH3-].[CH3-].[CH3-].[CH3-].[CH3-].[W+2].[W].[W]. The summed E-state index contributed by atoms with van der Waals surface area (Å²) in [7, 11) is 0. The van der Waals surface area contributed by atoms with Crippen molar-refractivity contribution in [1.29, 1.82) is 0 Å². The maximum Gasteiger partial charge on any atom is 2.00 e. The second-order valence-electron chi connectivity index (χ2n) is 0. The molecule has 0 aliphatic carbocycles. The maximum absolute atomic E-state index is 0. The summed E-state index contributed by atoms with van der Waals surface area (Å²) in [6.45, 7) is 0. The third-order valence-electron chi connectivity index (χ3n) is 0. The summed E-state index contributed by atoms with van der Waals surface area (Å²) >= 11 is 0. The van der Waals surface area contributed by atoms with E-state index >= 15 is 0 Å². The predicted molar refractivity (Wildman–Crippen MR) is 57.7 cm³/mol. The predicted octanol–water partition coefficient (Wildman–Crippen LogP) is 4.05. The van der Waals surface area contributed by atoms with Gasteiger partial charge in [-0.15, -0.1) is 0 Å². The quantitative estimate of drug-likeness (QED) is 0.338. The molecule has 0 saturated carbocycles. The van der Waals surface area contributed by atoms with Crippen molar-refractivity contribution in [2.45, 2.75) is 0 Å². The van der Waals surface area contributed by atoms with Crippen molar-refractivity contribution in [2.75, 3.05) is 0 Å². The summed E-state index contributed by atoms with van der Waals surface area (Å²) in [6, 6.07) is 0. The molecule has 0 heterocycles. The van der Waals surface area contributed by atoms with Gasteiger partial charge in [0.15, 0.2) is 0 Å². The third-order valence-corrected chi connectivity index (χ3v) is 0. The van der Waals surface area contributed by atoms with E-state index in [0.717, 1.165) is 0 Å². The van der Waals surface area contributed by atoms with Crippen molar-refractivity contribution in [1.82, 2.24) is 0 Å². The summed E-state index contributed by atoms with van der Waals surface area (Å²) in [4.78, 5) is 0. The number of rotatable bonds is 0. The monoisotopic (exact) mass is 687 g/mol. The van der Waals surface area contributed by atoms with E-state index in [1.807, 2.05) is 0 Å². The van der Waals surface area contributed by atoms with Gasteiger partial charge in [0.05, 0.1) is 0 Å². The summed E-state index contributed by atoms with van der Waals surface area (Å²) in [5.41, 5.74) is 0. The first-order valence-corrected chi connectivity index (χ1v) is 0. The Morgan fingerprint density at radius 2 is 0.250 bits per heavy atom. The largest absolute Gasteiger partial charge is 2.00 e. The molecule has 0 aliphatic heterocycles. The fourth-order valence-electron chi connectivity index (χ4n) is 0. The summed E-state index contributed by atoms with van der Waals surface area (Å²) in [5, 5.41) is 0. The van der Waals surface area contributed by atoms with Crippen molar-refractivity contribution in [2.24, 2.45) is 0 Å². The van der Waals surface area contributed by atoms with Crippen LogP contribution in [0.5, 0.6) is 0 Å². The van der Waals surface area contributed by atoms with E-state index in [2.05, 4.69) is 0 Å². The molecule has 0 aliphatic rings. The molecule has 0 rings (SSSR count). The van der Waals surface area contributed by atoms with Crippen molar-refractivity contribution in [3.63, 3.8) is 0 Å². The first-order valence-electron chi connectivity index (χ1n) is 0. The average Bonchev–Trinajstić information content (AvgIpc) is 0. The zero-order chi connectivity index (χ0) is 0. The Balaban J connectivity index is 0. The Bertz CT molecular complexity index is 9.74. The molecule has 0 spiro atoms. The summed E-state index contributed by atoms with van der Waals surface area (Å²) < 4.78 is 0. The number of hydrogen-bond donors (Lipinski definition) is 0. The van der Waals surface area contributed by atoms with E-state index in [-0.39, 0.29) is 130 Å². The zero-order valence-corrected chi connectivity index (χ0v) is 19.0. The Morgan fingerprint density at radius 1 is 0.250 bits per heavy atom.